The fraction of sp³-hybridized carbons (Fsp3) is 0.538. The number of likely N-dealkylation sites (N-methyl/N-ethyl adjacent to an activating group) is 1. The van der Waals surface area contributed by atoms with Gasteiger partial charge in [0.25, 0.3) is 0 Å². The van der Waals surface area contributed by atoms with E-state index in [1.807, 2.05) is 0 Å². The van der Waals surface area contributed by atoms with E-state index in [4.69, 9.17) is 4.74 Å². The van der Waals surface area contributed by atoms with Crippen LogP contribution in [0.15, 0.2) is 29.2 Å². The van der Waals surface area contributed by atoms with Crippen LogP contribution < -0.4 is 4.74 Å². The zero-order chi connectivity index (χ0) is 14.9. The molecule has 112 valence electrons. The minimum Gasteiger partial charge on any atom is -0.497 e. The number of benzene rings is 1. The van der Waals surface area contributed by atoms with Gasteiger partial charge in [-0.2, -0.15) is 4.31 Å². The minimum absolute atomic E-state index is 0.134. The number of aliphatic hydroxyl groups is 2. The topological polar surface area (TPSA) is 87.1 Å². The Bertz CT molecular complexity index is 557. The number of ether oxygens (including phenoxy) is 1. The Hall–Kier alpha value is -1.15. The highest BCUT2D eigenvalue weighted by Crippen LogP contribution is 2.28. The first-order valence-corrected chi connectivity index (χ1v) is 7.80. The summed E-state index contributed by atoms with van der Waals surface area (Å²) in [6, 6.07) is 5.46. The van der Waals surface area contributed by atoms with Crippen molar-refractivity contribution in [1.82, 2.24) is 4.31 Å². The van der Waals surface area contributed by atoms with E-state index in [1.54, 1.807) is 12.1 Å². The summed E-state index contributed by atoms with van der Waals surface area (Å²) in [7, 11) is -0.769. The van der Waals surface area contributed by atoms with Crippen LogP contribution in [0.5, 0.6) is 5.75 Å². The third-order valence-corrected chi connectivity index (χ3v) is 5.65. The Morgan fingerprint density at radius 3 is 2.25 bits per heavy atom. The highest BCUT2D eigenvalue weighted by Gasteiger charge is 2.40. The van der Waals surface area contributed by atoms with Crippen LogP contribution >= 0.6 is 0 Å². The number of sulfonamides is 1. The molecule has 1 aliphatic carbocycles. The molecule has 1 aromatic carbocycles. The Labute approximate surface area is 118 Å². The number of rotatable bonds is 4. The van der Waals surface area contributed by atoms with E-state index in [2.05, 4.69) is 0 Å². The van der Waals surface area contributed by atoms with Gasteiger partial charge in [-0.1, -0.05) is 0 Å². The Balaban J connectivity index is 2.25. The van der Waals surface area contributed by atoms with Gasteiger partial charge in [0.2, 0.25) is 10.0 Å². The molecular formula is C13H19NO5S. The molecule has 0 aromatic heterocycles. The molecule has 3 atom stereocenters. The molecule has 2 rings (SSSR count). The predicted molar refractivity (Wildman–Crippen MR) is 73.0 cm³/mol. The molecule has 20 heavy (non-hydrogen) atoms. The van der Waals surface area contributed by atoms with E-state index in [9.17, 15) is 18.6 Å². The fourth-order valence-electron chi connectivity index (χ4n) is 2.43. The van der Waals surface area contributed by atoms with Crippen LogP contribution in [0.3, 0.4) is 0 Å². The molecule has 0 radical (unpaired) electrons. The van der Waals surface area contributed by atoms with Gasteiger partial charge in [0, 0.05) is 7.05 Å². The predicted octanol–water partition coefficient (Wildman–Crippen LogP) is 0.200. The van der Waals surface area contributed by atoms with Crippen molar-refractivity contribution < 1.29 is 23.4 Å². The van der Waals surface area contributed by atoms with Gasteiger partial charge < -0.3 is 14.9 Å². The lowest BCUT2D eigenvalue weighted by molar-refractivity contribution is 0.0195. The maximum absolute atomic E-state index is 12.5. The van der Waals surface area contributed by atoms with Crippen molar-refractivity contribution in [3.63, 3.8) is 0 Å². The zero-order valence-electron chi connectivity index (χ0n) is 11.4. The molecule has 1 aliphatic rings. The van der Waals surface area contributed by atoms with E-state index in [0.717, 1.165) is 4.31 Å². The van der Waals surface area contributed by atoms with Gasteiger partial charge in [0.1, 0.15) is 5.75 Å². The molecule has 0 amide bonds. The standard InChI is InChI=1S/C13H19NO5S/c1-14(11-7-8-12(15)13(11)16)20(17,18)10-5-3-9(19-2)4-6-10/h3-6,11-13,15-16H,7-8H2,1-2H3/t11-,12-,13-/m1/s1. The Morgan fingerprint density at radius 1 is 1.20 bits per heavy atom. The summed E-state index contributed by atoms with van der Waals surface area (Å²) in [6.07, 6.45) is -1.08. The average Bonchev–Trinajstić information content (AvgIpc) is 2.78. The van der Waals surface area contributed by atoms with Crippen LogP contribution in [0.4, 0.5) is 0 Å². The molecule has 0 heterocycles. The van der Waals surface area contributed by atoms with E-state index < -0.39 is 28.3 Å². The van der Waals surface area contributed by atoms with Crippen LogP contribution in [0, 0.1) is 0 Å². The molecule has 1 fully saturated rings. The molecule has 1 aromatic rings. The summed E-state index contributed by atoms with van der Waals surface area (Å²) in [6.45, 7) is 0. The van der Waals surface area contributed by atoms with Crippen LogP contribution in [0.2, 0.25) is 0 Å². The minimum atomic E-state index is -3.70. The SMILES string of the molecule is COc1ccc(S(=O)(=O)N(C)[C@@H]2CC[C@@H](O)[C@@H]2O)cc1. The first kappa shape index (κ1) is 15.2. The van der Waals surface area contributed by atoms with E-state index in [-0.39, 0.29) is 4.90 Å². The monoisotopic (exact) mass is 301 g/mol. The van der Waals surface area contributed by atoms with Gasteiger partial charge in [-0.25, -0.2) is 8.42 Å². The largest absolute Gasteiger partial charge is 0.497 e. The van der Waals surface area contributed by atoms with E-state index in [1.165, 1.54) is 26.3 Å². The summed E-state index contributed by atoms with van der Waals surface area (Å²) in [5, 5.41) is 19.4. The van der Waals surface area contributed by atoms with Crippen molar-refractivity contribution in [3.05, 3.63) is 24.3 Å². The van der Waals surface area contributed by atoms with Crippen LogP contribution in [-0.4, -0.2) is 55.3 Å². The van der Waals surface area contributed by atoms with Crippen molar-refractivity contribution in [3.8, 4) is 5.75 Å². The van der Waals surface area contributed by atoms with Crippen LogP contribution in [0.1, 0.15) is 12.8 Å². The van der Waals surface area contributed by atoms with Crippen molar-refractivity contribution in [1.29, 1.82) is 0 Å². The Morgan fingerprint density at radius 2 is 1.80 bits per heavy atom. The zero-order valence-corrected chi connectivity index (χ0v) is 12.2. The molecule has 2 N–H and O–H groups in total. The van der Waals surface area contributed by atoms with Gasteiger partial charge in [0.05, 0.1) is 30.3 Å². The van der Waals surface area contributed by atoms with Gasteiger partial charge in [-0.05, 0) is 37.1 Å². The number of nitrogens with zero attached hydrogens (tertiary/aromatic N) is 1. The van der Waals surface area contributed by atoms with Crippen LogP contribution in [0.25, 0.3) is 0 Å². The van der Waals surface area contributed by atoms with Gasteiger partial charge in [0.15, 0.2) is 0 Å². The van der Waals surface area contributed by atoms with Crippen molar-refractivity contribution in [2.45, 2.75) is 36.0 Å². The number of aliphatic hydroxyl groups excluding tert-OH is 2. The van der Waals surface area contributed by atoms with Crippen LogP contribution in [-0.2, 0) is 10.0 Å². The fourth-order valence-corrected chi connectivity index (χ4v) is 3.83. The molecule has 1 saturated carbocycles. The first-order chi connectivity index (χ1) is 9.37. The molecule has 6 nitrogen and oxygen atoms in total. The molecule has 0 spiro atoms. The van der Waals surface area contributed by atoms with Crippen molar-refractivity contribution in [2.24, 2.45) is 0 Å². The molecule has 0 saturated heterocycles. The van der Waals surface area contributed by atoms with Gasteiger partial charge in [-0.15, -0.1) is 0 Å². The summed E-state index contributed by atoms with van der Waals surface area (Å²) in [4.78, 5) is 0.134. The van der Waals surface area contributed by atoms with E-state index >= 15 is 0 Å². The van der Waals surface area contributed by atoms with Crippen molar-refractivity contribution >= 4 is 10.0 Å². The number of hydrogen-bond donors (Lipinski definition) is 2. The third-order valence-electron chi connectivity index (χ3n) is 3.75. The number of hydrogen-bond acceptors (Lipinski definition) is 5. The second-order valence-corrected chi connectivity index (χ2v) is 6.90. The molecule has 0 unspecified atom stereocenters. The van der Waals surface area contributed by atoms with E-state index in [0.29, 0.717) is 18.6 Å². The third kappa shape index (κ3) is 2.67. The number of methoxy groups -OCH3 is 1. The molecule has 0 aliphatic heterocycles. The van der Waals surface area contributed by atoms with Crippen molar-refractivity contribution in [2.75, 3.05) is 14.2 Å². The second kappa shape index (κ2) is 5.69. The summed E-state index contributed by atoms with van der Waals surface area (Å²) >= 11 is 0. The maximum Gasteiger partial charge on any atom is 0.243 e. The maximum atomic E-state index is 12.5. The first-order valence-electron chi connectivity index (χ1n) is 6.36. The molecule has 0 bridgehead atoms. The molecule has 7 heteroatoms. The highest BCUT2D eigenvalue weighted by molar-refractivity contribution is 7.89. The van der Waals surface area contributed by atoms with Gasteiger partial charge in [-0.3, -0.25) is 0 Å². The summed E-state index contributed by atoms with van der Waals surface area (Å²) in [5.41, 5.74) is 0. The lowest BCUT2D eigenvalue weighted by Gasteiger charge is -2.27. The normalized spacial score (nSPS) is 26.9. The Kier molecular flexibility index (Phi) is 4.33. The smallest absolute Gasteiger partial charge is 0.243 e. The molecular weight excluding hydrogens is 282 g/mol. The summed E-state index contributed by atoms with van der Waals surface area (Å²) in [5.74, 6) is 0.572. The lowest BCUT2D eigenvalue weighted by atomic mass is 10.2. The lowest BCUT2D eigenvalue weighted by Crippen LogP contribution is -2.44. The highest BCUT2D eigenvalue weighted by atomic mass is 32.2. The average molecular weight is 301 g/mol. The second-order valence-electron chi connectivity index (χ2n) is 4.90. The van der Waals surface area contributed by atoms with Gasteiger partial charge >= 0.3 is 0 Å². The summed E-state index contributed by atoms with van der Waals surface area (Å²) < 4.78 is 31.1. The quantitative estimate of drug-likeness (QED) is 0.829.